The van der Waals surface area contributed by atoms with Gasteiger partial charge in [0.15, 0.2) is 5.82 Å². The molecule has 21 heavy (non-hydrogen) atoms. The maximum Gasteiger partial charge on any atom is 0.362 e. The maximum atomic E-state index is 11.5. The molecule has 2 N–H and O–H groups in total. The summed E-state index contributed by atoms with van der Waals surface area (Å²) < 4.78 is 10.7. The zero-order valence-electron chi connectivity index (χ0n) is 11.6. The molecule has 0 aliphatic heterocycles. The van der Waals surface area contributed by atoms with Gasteiger partial charge in [0.2, 0.25) is 5.69 Å². The topological polar surface area (TPSA) is 109 Å². The molecule has 110 valence electrons. The number of hydrogen-bond acceptors (Lipinski definition) is 7. The Bertz CT molecular complexity index is 663. The van der Waals surface area contributed by atoms with E-state index in [0.717, 1.165) is 0 Å². The number of aromatic nitrogens is 3. The molecule has 0 fully saturated rings. The quantitative estimate of drug-likeness (QED) is 0.830. The van der Waals surface area contributed by atoms with Crippen molar-refractivity contribution in [2.45, 2.75) is 6.92 Å². The van der Waals surface area contributed by atoms with Crippen molar-refractivity contribution in [1.82, 2.24) is 15.0 Å². The van der Waals surface area contributed by atoms with Crippen molar-refractivity contribution >= 4 is 17.8 Å². The highest BCUT2D eigenvalue weighted by atomic mass is 16.5. The van der Waals surface area contributed by atoms with E-state index in [1.54, 1.807) is 31.2 Å². The van der Waals surface area contributed by atoms with Crippen molar-refractivity contribution in [3.8, 4) is 5.69 Å². The van der Waals surface area contributed by atoms with Crippen LogP contribution in [0.4, 0.5) is 5.82 Å². The standard InChI is InChI=1S/C13H14N4O4/c1-3-21-12(18)8-4-6-9(7-5-8)17-11(14)10(15-16-17)13(19)20-2/h4-7H,3,14H2,1-2H3. The van der Waals surface area contributed by atoms with E-state index >= 15 is 0 Å². The number of nitrogens with two attached hydrogens (primary N) is 1. The van der Waals surface area contributed by atoms with Gasteiger partial charge in [-0.05, 0) is 31.2 Å². The molecule has 1 aromatic carbocycles. The molecule has 0 saturated carbocycles. The predicted molar refractivity (Wildman–Crippen MR) is 73.1 cm³/mol. The second-order valence-corrected chi connectivity index (χ2v) is 3.99. The summed E-state index contributed by atoms with van der Waals surface area (Å²) in [6.07, 6.45) is 0. The molecule has 0 saturated heterocycles. The van der Waals surface area contributed by atoms with Gasteiger partial charge in [-0.3, -0.25) is 0 Å². The number of anilines is 1. The Morgan fingerprint density at radius 1 is 1.24 bits per heavy atom. The molecule has 0 aliphatic carbocycles. The Hall–Kier alpha value is -2.90. The molecule has 2 aromatic rings. The van der Waals surface area contributed by atoms with Crippen molar-refractivity contribution in [3.63, 3.8) is 0 Å². The van der Waals surface area contributed by atoms with E-state index in [4.69, 9.17) is 10.5 Å². The number of carbonyl (C=O) groups excluding carboxylic acids is 2. The summed E-state index contributed by atoms with van der Waals surface area (Å²) in [6.45, 7) is 2.04. The van der Waals surface area contributed by atoms with Crippen LogP contribution in [0.25, 0.3) is 5.69 Å². The molecule has 1 heterocycles. The smallest absolute Gasteiger partial charge is 0.362 e. The molecule has 0 spiro atoms. The number of carbonyl (C=O) groups is 2. The number of esters is 2. The van der Waals surface area contributed by atoms with E-state index in [0.29, 0.717) is 17.9 Å². The first-order chi connectivity index (χ1) is 10.1. The van der Waals surface area contributed by atoms with Crippen LogP contribution in [-0.2, 0) is 9.47 Å². The van der Waals surface area contributed by atoms with Crippen molar-refractivity contribution in [3.05, 3.63) is 35.5 Å². The Morgan fingerprint density at radius 3 is 2.48 bits per heavy atom. The fraction of sp³-hybridized carbons (Fsp3) is 0.231. The number of nitrogen functional groups attached to an aromatic ring is 1. The normalized spacial score (nSPS) is 10.2. The molecule has 8 nitrogen and oxygen atoms in total. The molecular formula is C13H14N4O4. The van der Waals surface area contributed by atoms with Crippen LogP contribution in [0.2, 0.25) is 0 Å². The molecule has 2 rings (SSSR count). The highest BCUT2D eigenvalue weighted by Crippen LogP contribution is 2.16. The number of benzene rings is 1. The van der Waals surface area contributed by atoms with Gasteiger partial charge >= 0.3 is 11.9 Å². The van der Waals surface area contributed by atoms with Crippen LogP contribution >= 0.6 is 0 Å². The first-order valence-corrected chi connectivity index (χ1v) is 6.15. The lowest BCUT2D eigenvalue weighted by atomic mass is 10.2. The fourth-order valence-electron chi connectivity index (χ4n) is 1.68. The van der Waals surface area contributed by atoms with Crippen molar-refractivity contribution < 1.29 is 19.1 Å². The maximum absolute atomic E-state index is 11.5. The van der Waals surface area contributed by atoms with Gasteiger partial charge in [-0.2, -0.15) is 4.68 Å². The van der Waals surface area contributed by atoms with Crippen LogP contribution < -0.4 is 5.73 Å². The second-order valence-electron chi connectivity index (χ2n) is 3.99. The monoisotopic (exact) mass is 290 g/mol. The van der Waals surface area contributed by atoms with E-state index in [1.807, 2.05) is 0 Å². The van der Waals surface area contributed by atoms with Gasteiger partial charge < -0.3 is 15.2 Å². The second kappa shape index (κ2) is 6.04. The summed E-state index contributed by atoms with van der Waals surface area (Å²) in [5.41, 5.74) is 6.71. The van der Waals surface area contributed by atoms with Gasteiger partial charge in [-0.25, -0.2) is 9.59 Å². The van der Waals surface area contributed by atoms with E-state index < -0.39 is 11.9 Å². The Morgan fingerprint density at radius 2 is 1.90 bits per heavy atom. The van der Waals surface area contributed by atoms with Crippen LogP contribution in [0, 0.1) is 0 Å². The van der Waals surface area contributed by atoms with Crippen molar-refractivity contribution in [2.75, 3.05) is 19.5 Å². The van der Waals surface area contributed by atoms with Gasteiger partial charge in [0.1, 0.15) is 0 Å². The number of hydrogen-bond donors (Lipinski definition) is 1. The molecule has 0 radical (unpaired) electrons. The fourth-order valence-corrected chi connectivity index (χ4v) is 1.68. The molecule has 0 bridgehead atoms. The number of methoxy groups -OCH3 is 1. The van der Waals surface area contributed by atoms with Gasteiger partial charge in [-0.1, -0.05) is 5.21 Å². The SMILES string of the molecule is CCOC(=O)c1ccc(-n2nnc(C(=O)OC)c2N)cc1. The van der Waals surface area contributed by atoms with E-state index in [-0.39, 0.29) is 11.5 Å². The average Bonchev–Trinajstić information content (AvgIpc) is 2.88. The highest BCUT2D eigenvalue weighted by molar-refractivity contribution is 5.92. The van der Waals surface area contributed by atoms with E-state index in [9.17, 15) is 9.59 Å². The number of nitrogens with zero attached hydrogens (tertiary/aromatic N) is 3. The minimum absolute atomic E-state index is 0.0609. The lowest BCUT2D eigenvalue weighted by Gasteiger charge is -2.05. The van der Waals surface area contributed by atoms with Gasteiger partial charge in [0, 0.05) is 0 Å². The molecule has 1 aromatic heterocycles. The summed E-state index contributed by atoms with van der Waals surface area (Å²) in [5, 5.41) is 7.46. The molecule has 8 heteroatoms. The highest BCUT2D eigenvalue weighted by Gasteiger charge is 2.18. The van der Waals surface area contributed by atoms with Crippen LogP contribution in [0.1, 0.15) is 27.8 Å². The molecule has 0 aliphatic rings. The van der Waals surface area contributed by atoms with Gasteiger partial charge in [0.25, 0.3) is 0 Å². The largest absolute Gasteiger partial charge is 0.464 e. The van der Waals surface area contributed by atoms with E-state index in [2.05, 4.69) is 15.0 Å². The van der Waals surface area contributed by atoms with E-state index in [1.165, 1.54) is 11.8 Å². The third-order valence-corrected chi connectivity index (χ3v) is 2.71. The van der Waals surface area contributed by atoms with Gasteiger partial charge in [0.05, 0.1) is 25.0 Å². The zero-order valence-corrected chi connectivity index (χ0v) is 11.6. The lowest BCUT2D eigenvalue weighted by Crippen LogP contribution is -2.08. The van der Waals surface area contributed by atoms with Crippen molar-refractivity contribution in [1.29, 1.82) is 0 Å². The molecule has 0 amide bonds. The summed E-state index contributed by atoms with van der Waals surface area (Å²) in [6, 6.07) is 6.40. The number of rotatable bonds is 4. The summed E-state index contributed by atoms with van der Waals surface area (Å²) in [7, 11) is 1.23. The van der Waals surface area contributed by atoms with Crippen LogP contribution in [0.3, 0.4) is 0 Å². The lowest BCUT2D eigenvalue weighted by molar-refractivity contribution is 0.0525. The Kier molecular flexibility index (Phi) is 4.17. The van der Waals surface area contributed by atoms with Crippen LogP contribution in [0.5, 0.6) is 0 Å². The summed E-state index contributed by atoms with van der Waals surface area (Å²) >= 11 is 0. The summed E-state index contributed by atoms with van der Waals surface area (Å²) in [4.78, 5) is 23.0. The molecule has 0 unspecified atom stereocenters. The summed E-state index contributed by atoms with van der Waals surface area (Å²) in [5.74, 6) is -1.02. The average molecular weight is 290 g/mol. The van der Waals surface area contributed by atoms with Crippen LogP contribution in [0.15, 0.2) is 24.3 Å². The van der Waals surface area contributed by atoms with Gasteiger partial charge in [-0.15, -0.1) is 5.10 Å². The minimum atomic E-state index is -0.665. The Labute approximate surface area is 120 Å². The molecular weight excluding hydrogens is 276 g/mol. The minimum Gasteiger partial charge on any atom is -0.464 e. The third-order valence-electron chi connectivity index (χ3n) is 2.71. The first kappa shape index (κ1) is 14.5. The predicted octanol–water partition coefficient (Wildman–Crippen LogP) is 0.813. The Balaban J connectivity index is 2.29. The third kappa shape index (κ3) is 2.83. The zero-order chi connectivity index (χ0) is 15.4. The van der Waals surface area contributed by atoms with Crippen molar-refractivity contribution in [2.24, 2.45) is 0 Å². The van der Waals surface area contributed by atoms with Crippen LogP contribution in [-0.4, -0.2) is 40.6 Å². The molecule has 0 atom stereocenters. The number of ether oxygens (including phenoxy) is 2. The first-order valence-electron chi connectivity index (χ1n) is 6.15.